The van der Waals surface area contributed by atoms with Crippen molar-refractivity contribution in [2.45, 2.75) is 32.7 Å². The molecule has 0 spiro atoms. The number of ether oxygens (including phenoxy) is 1. The molecule has 0 saturated carbocycles. The Morgan fingerprint density at radius 2 is 2.00 bits per heavy atom. The van der Waals surface area contributed by atoms with Gasteiger partial charge < -0.3 is 19.5 Å². The highest BCUT2D eigenvalue weighted by Gasteiger charge is 2.40. The molecule has 3 amide bonds. The Bertz CT molecular complexity index is 935. The summed E-state index contributed by atoms with van der Waals surface area (Å²) < 4.78 is 7.27. The van der Waals surface area contributed by atoms with E-state index in [1.54, 1.807) is 11.9 Å². The number of benzene rings is 1. The highest BCUT2D eigenvalue weighted by molar-refractivity contribution is 6.01. The average Bonchev–Trinajstić information content (AvgIpc) is 3.08. The number of cyclic esters (lactones) is 1. The third kappa shape index (κ3) is 2.40. The molecule has 2 aliphatic rings. The van der Waals surface area contributed by atoms with Crippen molar-refractivity contribution in [1.29, 1.82) is 0 Å². The van der Waals surface area contributed by atoms with Crippen molar-refractivity contribution in [2.75, 3.05) is 18.5 Å². The van der Waals surface area contributed by atoms with Crippen LogP contribution in [0.25, 0.3) is 10.9 Å². The molecule has 1 aromatic heterocycles. The number of hydrogen-bond acceptors (Lipinski definition) is 4. The van der Waals surface area contributed by atoms with E-state index in [1.807, 2.05) is 35.8 Å². The minimum Gasteiger partial charge on any atom is -0.423 e. The number of nitrogens with zero attached hydrogens (tertiary/aromatic N) is 3. The standard InChI is InChI=1S/C18H20N4O4/c1-10-16(19-11(2)23)26-18(25)22(10)13-4-5-14-12(8-13)9-15-17(24)20(3)6-7-21(14)15/h4-5,8-10,16H,6-7H2,1-3H3,(H,19,23)/t10?,16-/m0/s1. The summed E-state index contributed by atoms with van der Waals surface area (Å²) in [5, 5.41) is 3.52. The van der Waals surface area contributed by atoms with Gasteiger partial charge in [-0.3, -0.25) is 14.5 Å². The minimum absolute atomic E-state index is 0.00586. The minimum atomic E-state index is -0.687. The maximum absolute atomic E-state index is 12.4. The lowest BCUT2D eigenvalue weighted by molar-refractivity contribution is -0.121. The predicted octanol–water partition coefficient (Wildman–Crippen LogP) is 1.53. The monoisotopic (exact) mass is 356 g/mol. The molecule has 3 heterocycles. The summed E-state index contributed by atoms with van der Waals surface area (Å²) in [7, 11) is 1.79. The van der Waals surface area contributed by atoms with Crippen LogP contribution < -0.4 is 10.2 Å². The van der Waals surface area contributed by atoms with Gasteiger partial charge in [0.05, 0.1) is 6.04 Å². The molecule has 1 unspecified atom stereocenters. The molecule has 1 N–H and O–H groups in total. The van der Waals surface area contributed by atoms with E-state index in [0.29, 0.717) is 17.9 Å². The molecule has 1 saturated heterocycles. The van der Waals surface area contributed by atoms with Crippen LogP contribution in [0.2, 0.25) is 0 Å². The summed E-state index contributed by atoms with van der Waals surface area (Å²) in [6, 6.07) is 7.15. The maximum Gasteiger partial charge on any atom is 0.416 e. The van der Waals surface area contributed by atoms with Gasteiger partial charge in [-0.25, -0.2) is 4.79 Å². The van der Waals surface area contributed by atoms with Crippen molar-refractivity contribution in [1.82, 2.24) is 14.8 Å². The van der Waals surface area contributed by atoms with E-state index in [9.17, 15) is 14.4 Å². The van der Waals surface area contributed by atoms with Crippen LogP contribution in [0.3, 0.4) is 0 Å². The van der Waals surface area contributed by atoms with Gasteiger partial charge in [0, 0.05) is 43.7 Å². The van der Waals surface area contributed by atoms with E-state index < -0.39 is 12.3 Å². The largest absolute Gasteiger partial charge is 0.423 e. The van der Waals surface area contributed by atoms with Gasteiger partial charge in [0.1, 0.15) is 5.69 Å². The van der Waals surface area contributed by atoms with Gasteiger partial charge in [-0.15, -0.1) is 0 Å². The summed E-state index contributed by atoms with van der Waals surface area (Å²) in [4.78, 5) is 39.1. The first-order valence-corrected chi connectivity index (χ1v) is 8.52. The first kappa shape index (κ1) is 16.4. The molecule has 0 aliphatic carbocycles. The quantitative estimate of drug-likeness (QED) is 0.885. The molecule has 0 bridgehead atoms. The number of nitrogens with one attached hydrogen (secondary N) is 1. The molecule has 1 fully saturated rings. The van der Waals surface area contributed by atoms with E-state index in [1.165, 1.54) is 11.8 Å². The van der Waals surface area contributed by atoms with Crippen molar-refractivity contribution in [2.24, 2.45) is 0 Å². The zero-order valence-electron chi connectivity index (χ0n) is 14.9. The Morgan fingerprint density at radius 3 is 2.73 bits per heavy atom. The second kappa shape index (κ2) is 5.76. The molecule has 2 aromatic rings. The zero-order chi connectivity index (χ0) is 18.6. The lowest BCUT2D eigenvalue weighted by atomic mass is 10.2. The summed E-state index contributed by atoms with van der Waals surface area (Å²) in [5.41, 5.74) is 2.29. The van der Waals surface area contributed by atoms with Crippen LogP contribution in [0.1, 0.15) is 24.3 Å². The van der Waals surface area contributed by atoms with Crippen molar-refractivity contribution >= 4 is 34.5 Å². The molecular formula is C18H20N4O4. The maximum atomic E-state index is 12.4. The molecule has 8 heteroatoms. The van der Waals surface area contributed by atoms with E-state index in [0.717, 1.165) is 17.4 Å². The normalized spacial score (nSPS) is 22.6. The third-order valence-electron chi connectivity index (χ3n) is 5.00. The fourth-order valence-electron chi connectivity index (χ4n) is 3.63. The summed E-state index contributed by atoms with van der Waals surface area (Å²) in [6.07, 6.45) is -1.19. The zero-order valence-corrected chi connectivity index (χ0v) is 14.9. The van der Waals surface area contributed by atoms with Crippen LogP contribution in [-0.2, 0) is 16.1 Å². The number of carbonyl (C=O) groups excluding carboxylic acids is 3. The first-order valence-electron chi connectivity index (χ1n) is 8.52. The Morgan fingerprint density at radius 1 is 1.23 bits per heavy atom. The SMILES string of the molecule is CC(=O)N[C@H]1OC(=O)N(c2ccc3c(c2)cc2n3CCN(C)C2=O)C1C. The Hall–Kier alpha value is -3.03. The lowest BCUT2D eigenvalue weighted by Crippen LogP contribution is -2.43. The first-order chi connectivity index (χ1) is 12.4. The molecule has 0 radical (unpaired) electrons. The number of amides is 3. The lowest BCUT2D eigenvalue weighted by Gasteiger charge is -2.25. The van der Waals surface area contributed by atoms with Gasteiger partial charge >= 0.3 is 6.09 Å². The van der Waals surface area contributed by atoms with Crippen molar-refractivity contribution in [3.05, 3.63) is 30.0 Å². The van der Waals surface area contributed by atoms with E-state index in [-0.39, 0.29) is 17.9 Å². The molecule has 26 heavy (non-hydrogen) atoms. The Kier molecular flexibility index (Phi) is 3.64. The van der Waals surface area contributed by atoms with Gasteiger partial charge in [0.2, 0.25) is 5.91 Å². The number of aromatic nitrogens is 1. The highest BCUT2D eigenvalue weighted by atomic mass is 16.6. The molecule has 136 valence electrons. The van der Waals surface area contributed by atoms with Crippen molar-refractivity contribution in [3.63, 3.8) is 0 Å². The third-order valence-corrected chi connectivity index (χ3v) is 5.00. The van der Waals surface area contributed by atoms with Crippen LogP contribution in [-0.4, -0.2) is 53.2 Å². The number of anilines is 1. The van der Waals surface area contributed by atoms with E-state index in [4.69, 9.17) is 4.74 Å². The molecule has 8 nitrogen and oxygen atoms in total. The Labute approximate surface area is 150 Å². The molecule has 2 aliphatic heterocycles. The summed E-state index contributed by atoms with van der Waals surface area (Å²) in [5.74, 6) is -0.261. The van der Waals surface area contributed by atoms with Gasteiger partial charge in [-0.05, 0) is 31.2 Å². The second-order valence-corrected chi connectivity index (χ2v) is 6.77. The van der Waals surface area contributed by atoms with Gasteiger partial charge in [0.25, 0.3) is 5.91 Å². The topological polar surface area (TPSA) is 83.9 Å². The van der Waals surface area contributed by atoms with Crippen molar-refractivity contribution < 1.29 is 19.1 Å². The number of fused-ring (bicyclic) bond motifs is 3. The highest BCUT2D eigenvalue weighted by Crippen LogP contribution is 2.31. The molecule has 4 rings (SSSR count). The van der Waals surface area contributed by atoms with Crippen LogP contribution in [0, 0.1) is 0 Å². The summed E-state index contributed by atoms with van der Waals surface area (Å²) in [6.45, 7) is 4.62. The van der Waals surface area contributed by atoms with Gasteiger partial charge in [0.15, 0.2) is 6.23 Å². The number of rotatable bonds is 2. The number of hydrogen-bond donors (Lipinski definition) is 1. The van der Waals surface area contributed by atoms with Crippen LogP contribution in [0.4, 0.5) is 10.5 Å². The smallest absolute Gasteiger partial charge is 0.416 e. The van der Waals surface area contributed by atoms with Gasteiger partial charge in [-0.2, -0.15) is 0 Å². The van der Waals surface area contributed by atoms with E-state index >= 15 is 0 Å². The Balaban J connectivity index is 1.71. The predicted molar refractivity (Wildman–Crippen MR) is 94.9 cm³/mol. The fourth-order valence-corrected chi connectivity index (χ4v) is 3.63. The number of carbonyl (C=O) groups is 3. The molecular weight excluding hydrogens is 336 g/mol. The van der Waals surface area contributed by atoms with Crippen molar-refractivity contribution in [3.8, 4) is 0 Å². The molecule has 2 atom stereocenters. The van der Waals surface area contributed by atoms with Crippen LogP contribution in [0.15, 0.2) is 24.3 Å². The van der Waals surface area contributed by atoms with Crippen LogP contribution in [0.5, 0.6) is 0 Å². The van der Waals surface area contributed by atoms with Gasteiger partial charge in [-0.1, -0.05) is 0 Å². The second-order valence-electron chi connectivity index (χ2n) is 6.77. The van der Waals surface area contributed by atoms with E-state index in [2.05, 4.69) is 5.32 Å². The average molecular weight is 356 g/mol. The van der Waals surface area contributed by atoms with Crippen LogP contribution >= 0.6 is 0 Å². The fraction of sp³-hybridized carbons (Fsp3) is 0.389. The number of likely N-dealkylation sites (N-methyl/N-ethyl adjacent to an activating group) is 1. The summed E-state index contributed by atoms with van der Waals surface area (Å²) >= 11 is 0. The molecule has 1 aromatic carbocycles.